The summed E-state index contributed by atoms with van der Waals surface area (Å²) in [6.07, 6.45) is 1.74. The van der Waals surface area contributed by atoms with Crippen LogP contribution in [0.2, 0.25) is 0 Å². The topological polar surface area (TPSA) is 80.2 Å². The molecular formula is C24H19FN2O4S. The zero-order chi connectivity index (χ0) is 22.5. The number of aliphatic imine (C=N–C) groups is 1. The monoisotopic (exact) mass is 450 g/mol. The fourth-order valence-electron chi connectivity index (χ4n) is 2.91. The molecule has 0 bridgehead atoms. The zero-order valence-electron chi connectivity index (χ0n) is 17.0. The van der Waals surface area contributed by atoms with Crippen molar-refractivity contribution in [3.8, 4) is 17.2 Å². The minimum atomic E-state index is -0.297. The lowest BCUT2D eigenvalue weighted by Gasteiger charge is -2.11. The number of hydrogen-bond donors (Lipinski definition) is 2. The van der Waals surface area contributed by atoms with Crippen LogP contribution in [0.5, 0.6) is 17.2 Å². The SMILES string of the molecule is COc1cc(/C=C2/SC(=Nc3ccc(O)cc3)NC2=O)ccc1OCc1ccc(F)cc1. The fraction of sp³-hybridized carbons (Fsp3) is 0.0833. The molecule has 4 rings (SSSR count). The van der Waals surface area contributed by atoms with Gasteiger partial charge in [-0.2, -0.15) is 0 Å². The number of halogens is 1. The molecule has 1 fully saturated rings. The number of aromatic hydroxyl groups is 1. The standard InChI is InChI=1S/C24H19FN2O4S/c1-30-21-12-16(4-11-20(21)31-14-15-2-5-17(25)6-3-15)13-22-23(29)27-24(32-22)26-18-7-9-19(28)10-8-18/h2-13,28H,14H2,1H3,(H,26,27,29)/b22-13+. The van der Waals surface area contributed by atoms with E-state index in [4.69, 9.17) is 9.47 Å². The Bertz CT molecular complexity index is 1190. The number of nitrogens with zero attached hydrogens (tertiary/aromatic N) is 1. The maximum absolute atomic E-state index is 13.0. The van der Waals surface area contributed by atoms with Crippen LogP contribution in [-0.2, 0) is 11.4 Å². The van der Waals surface area contributed by atoms with E-state index in [2.05, 4.69) is 10.3 Å². The van der Waals surface area contributed by atoms with E-state index in [-0.39, 0.29) is 24.1 Å². The number of nitrogens with one attached hydrogen (secondary N) is 1. The summed E-state index contributed by atoms with van der Waals surface area (Å²) in [6.45, 7) is 0.270. The van der Waals surface area contributed by atoms with Crippen LogP contribution in [0.15, 0.2) is 76.6 Å². The van der Waals surface area contributed by atoms with Crippen molar-refractivity contribution in [1.82, 2.24) is 5.32 Å². The molecule has 3 aromatic rings. The van der Waals surface area contributed by atoms with Crippen LogP contribution in [0, 0.1) is 5.82 Å². The van der Waals surface area contributed by atoms with E-state index >= 15 is 0 Å². The van der Waals surface area contributed by atoms with E-state index in [1.54, 1.807) is 42.5 Å². The van der Waals surface area contributed by atoms with Crippen molar-refractivity contribution in [2.24, 2.45) is 4.99 Å². The third kappa shape index (κ3) is 5.28. The number of amidine groups is 1. The number of methoxy groups -OCH3 is 1. The van der Waals surface area contributed by atoms with Crippen LogP contribution >= 0.6 is 11.8 Å². The van der Waals surface area contributed by atoms with Gasteiger partial charge in [0.25, 0.3) is 5.91 Å². The largest absolute Gasteiger partial charge is 0.508 e. The Hall–Kier alpha value is -3.78. The van der Waals surface area contributed by atoms with Gasteiger partial charge in [0.1, 0.15) is 18.2 Å². The first-order valence-corrected chi connectivity index (χ1v) is 10.5. The summed E-state index contributed by atoms with van der Waals surface area (Å²) in [4.78, 5) is 17.2. The molecular weight excluding hydrogens is 431 g/mol. The molecule has 0 radical (unpaired) electrons. The Morgan fingerprint density at radius 2 is 1.81 bits per heavy atom. The van der Waals surface area contributed by atoms with E-state index < -0.39 is 0 Å². The number of carbonyl (C=O) groups is 1. The molecule has 32 heavy (non-hydrogen) atoms. The predicted octanol–water partition coefficient (Wildman–Crippen LogP) is 5.01. The van der Waals surface area contributed by atoms with Crippen molar-refractivity contribution in [1.29, 1.82) is 0 Å². The highest BCUT2D eigenvalue weighted by atomic mass is 32.2. The average molecular weight is 450 g/mol. The number of amides is 1. The van der Waals surface area contributed by atoms with E-state index in [9.17, 15) is 14.3 Å². The van der Waals surface area contributed by atoms with Crippen LogP contribution in [0.25, 0.3) is 6.08 Å². The van der Waals surface area contributed by atoms with Crippen molar-refractivity contribution in [2.75, 3.05) is 7.11 Å². The Balaban J connectivity index is 1.47. The quantitative estimate of drug-likeness (QED) is 0.516. The molecule has 1 amide bonds. The number of hydrogen-bond acceptors (Lipinski definition) is 6. The Kier molecular flexibility index (Phi) is 6.42. The molecule has 6 nitrogen and oxygen atoms in total. The van der Waals surface area contributed by atoms with Crippen molar-refractivity contribution < 1.29 is 23.8 Å². The lowest BCUT2D eigenvalue weighted by atomic mass is 10.2. The summed E-state index contributed by atoms with van der Waals surface area (Å²) in [5, 5.41) is 12.6. The second kappa shape index (κ2) is 9.57. The van der Waals surface area contributed by atoms with Gasteiger partial charge in [-0.3, -0.25) is 4.79 Å². The Labute approximate surface area is 188 Å². The maximum Gasteiger partial charge on any atom is 0.264 e. The van der Waals surface area contributed by atoms with Crippen LogP contribution in [-0.4, -0.2) is 23.3 Å². The minimum absolute atomic E-state index is 0.150. The Morgan fingerprint density at radius 1 is 1.06 bits per heavy atom. The van der Waals surface area contributed by atoms with Gasteiger partial charge in [0.05, 0.1) is 17.7 Å². The molecule has 0 spiro atoms. The van der Waals surface area contributed by atoms with E-state index in [1.165, 1.54) is 43.1 Å². The predicted molar refractivity (Wildman–Crippen MR) is 123 cm³/mol. The molecule has 0 aromatic heterocycles. The number of phenols is 1. The van der Waals surface area contributed by atoms with Gasteiger partial charge < -0.3 is 19.9 Å². The maximum atomic E-state index is 13.0. The molecule has 1 heterocycles. The summed E-state index contributed by atoms with van der Waals surface area (Å²) in [6, 6.07) is 17.8. The highest BCUT2D eigenvalue weighted by Gasteiger charge is 2.24. The van der Waals surface area contributed by atoms with Gasteiger partial charge in [0.15, 0.2) is 16.7 Å². The summed E-state index contributed by atoms with van der Waals surface area (Å²) in [5.74, 6) is 0.661. The summed E-state index contributed by atoms with van der Waals surface area (Å²) in [5.41, 5.74) is 2.22. The minimum Gasteiger partial charge on any atom is -0.508 e. The van der Waals surface area contributed by atoms with Crippen molar-refractivity contribution in [3.63, 3.8) is 0 Å². The third-order valence-corrected chi connectivity index (χ3v) is 5.43. The van der Waals surface area contributed by atoms with Crippen molar-refractivity contribution >= 4 is 34.6 Å². The van der Waals surface area contributed by atoms with E-state index in [0.717, 1.165) is 11.1 Å². The number of ether oxygens (including phenoxy) is 2. The number of thioether (sulfide) groups is 1. The van der Waals surface area contributed by atoms with Gasteiger partial charge in [0, 0.05) is 0 Å². The summed E-state index contributed by atoms with van der Waals surface area (Å²) < 4.78 is 24.3. The first kappa shape index (κ1) is 21.5. The number of phenolic OH excluding ortho intramolecular Hbond substituents is 1. The number of benzene rings is 3. The molecule has 1 saturated heterocycles. The van der Waals surface area contributed by atoms with E-state index in [0.29, 0.717) is 27.3 Å². The molecule has 1 aliphatic heterocycles. The van der Waals surface area contributed by atoms with Crippen molar-refractivity contribution in [3.05, 3.63) is 88.6 Å². The van der Waals surface area contributed by atoms with Crippen LogP contribution in [0.1, 0.15) is 11.1 Å². The first-order valence-electron chi connectivity index (χ1n) is 9.64. The summed E-state index contributed by atoms with van der Waals surface area (Å²) >= 11 is 1.22. The normalized spacial score (nSPS) is 15.8. The van der Waals surface area contributed by atoms with Crippen LogP contribution < -0.4 is 14.8 Å². The summed E-state index contributed by atoms with van der Waals surface area (Å²) in [7, 11) is 1.54. The van der Waals surface area contributed by atoms with Gasteiger partial charge in [0.2, 0.25) is 0 Å². The Morgan fingerprint density at radius 3 is 2.53 bits per heavy atom. The highest BCUT2D eigenvalue weighted by molar-refractivity contribution is 8.18. The average Bonchev–Trinajstić information content (AvgIpc) is 3.13. The van der Waals surface area contributed by atoms with Gasteiger partial charge in [-0.05, 0) is 77.5 Å². The second-order valence-corrected chi connectivity index (χ2v) is 7.85. The smallest absolute Gasteiger partial charge is 0.264 e. The molecule has 162 valence electrons. The molecule has 2 N–H and O–H groups in total. The zero-order valence-corrected chi connectivity index (χ0v) is 17.9. The lowest BCUT2D eigenvalue weighted by molar-refractivity contribution is -0.115. The second-order valence-electron chi connectivity index (χ2n) is 6.82. The number of rotatable bonds is 6. The van der Waals surface area contributed by atoms with E-state index in [1.807, 2.05) is 6.07 Å². The van der Waals surface area contributed by atoms with Gasteiger partial charge in [-0.25, -0.2) is 9.38 Å². The van der Waals surface area contributed by atoms with Crippen LogP contribution in [0.4, 0.5) is 10.1 Å². The third-order valence-electron chi connectivity index (χ3n) is 4.52. The fourth-order valence-corrected chi connectivity index (χ4v) is 3.75. The highest BCUT2D eigenvalue weighted by Crippen LogP contribution is 2.32. The molecule has 1 aliphatic rings. The number of carbonyl (C=O) groups excluding carboxylic acids is 1. The van der Waals surface area contributed by atoms with Gasteiger partial charge >= 0.3 is 0 Å². The molecule has 0 aliphatic carbocycles. The lowest BCUT2D eigenvalue weighted by Crippen LogP contribution is -2.19. The van der Waals surface area contributed by atoms with Gasteiger partial charge in [-0.15, -0.1) is 0 Å². The molecule has 8 heteroatoms. The van der Waals surface area contributed by atoms with Crippen molar-refractivity contribution in [2.45, 2.75) is 6.61 Å². The van der Waals surface area contributed by atoms with Crippen LogP contribution in [0.3, 0.4) is 0 Å². The molecule has 0 saturated carbocycles. The first-order chi connectivity index (χ1) is 15.5. The molecule has 0 unspecified atom stereocenters. The molecule has 0 atom stereocenters. The van der Waals surface area contributed by atoms with Gasteiger partial charge in [-0.1, -0.05) is 18.2 Å². The molecule has 3 aromatic carbocycles.